The summed E-state index contributed by atoms with van der Waals surface area (Å²) in [7, 11) is 0. The maximum atomic E-state index is 9.46. The zero-order valence-corrected chi connectivity index (χ0v) is 18.2. The summed E-state index contributed by atoms with van der Waals surface area (Å²) in [4.78, 5) is 4.71. The van der Waals surface area contributed by atoms with Gasteiger partial charge in [0.05, 0.1) is 12.3 Å². The van der Waals surface area contributed by atoms with Gasteiger partial charge in [0, 0.05) is 18.4 Å². The van der Waals surface area contributed by atoms with Gasteiger partial charge in [-0.25, -0.2) is 4.98 Å². The van der Waals surface area contributed by atoms with Crippen molar-refractivity contribution >= 4 is 0 Å². The molecule has 6 heteroatoms. The molecule has 1 aromatic heterocycles. The Kier molecular flexibility index (Phi) is 6.30. The number of oxazole rings is 1. The molecule has 4 rings (SSSR count). The lowest BCUT2D eigenvalue weighted by atomic mass is 10.1. The van der Waals surface area contributed by atoms with Crippen LogP contribution in [0.5, 0.6) is 11.5 Å². The molecule has 0 radical (unpaired) electrons. The van der Waals surface area contributed by atoms with Gasteiger partial charge in [-0.05, 0) is 56.7 Å². The maximum Gasteiger partial charge on any atom is 0.226 e. The molecule has 3 aromatic rings. The van der Waals surface area contributed by atoms with Crippen LogP contribution in [0.25, 0.3) is 11.5 Å². The minimum atomic E-state index is -0.742. The number of epoxide rings is 1. The molecule has 0 spiro atoms. The largest absolute Gasteiger partial charge is 0.493 e. The molecule has 0 amide bonds. The number of hydrogen-bond acceptors (Lipinski definition) is 6. The highest BCUT2D eigenvalue weighted by Crippen LogP contribution is 2.34. The van der Waals surface area contributed by atoms with Gasteiger partial charge in [-0.3, -0.25) is 0 Å². The van der Waals surface area contributed by atoms with Crippen molar-refractivity contribution in [2.24, 2.45) is 0 Å². The van der Waals surface area contributed by atoms with E-state index in [1.54, 1.807) is 0 Å². The molecule has 2 atom stereocenters. The van der Waals surface area contributed by atoms with Gasteiger partial charge < -0.3 is 23.7 Å². The molecule has 1 N–H and O–H groups in total. The van der Waals surface area contributed by atoms with Crippen molar-refractivity contribution in [1.29, 1.82) is 0 Å². The van der Waals surface area contributed by atoms with Gasteiger partial charge in [0.1, 0.15) is 22.9 Å². The Morgan fingerprint density at radius 1 is 1.00 bits per heavy atom. The number of aliphatic hydroxyl groups excluding tert-OH is 1. The van der Waals surface area contributed by atoms with Gasteiger partial charge in [-0.1, -0.05) is 25.1 Å². The van der Waals surface area contributed by atoms with Gasteiger partial charge >= 0.3 is 0 Å². The summed E-state index contributed by atoms with van der Waals surface area (Å²) >= 11 is 0. The normalized spacial score (nSPS) is 18.1. The maximum absolute atomic E-state index is 9.46. The lowest BCUT2D eigenvalue weighted by Gasteiger charge is -2.24. The van der Waals surface area contributed by atoms with E-state index in [4.69, 9.17) is 23.6 Å². The smallest absolute Gasteiger partial charge is 0.226 e. The second kappa shape index (κ2) is 9.12. The van der Waals surface area contributed by atoms with Crippen molar-refractivity contribution in [3.8, 4) is 23.0 Å². The van der Waals surface area contributed by atoms with Crippen LogP contribution in [-0.2, 0) is 17.6 Å². The van der Waals surface area contributed by atoms with E-state index >= 15 is 0 Å². The third-order valence-corrected chi connectivity index (χ3v) is 5.24. The Hall–Kier alpha value is -2.83. The number of aryl methyl sites for hydroxylation is 1. The van der Waals surface area contributed by atoms with E-state index in [0.717, 1.165) is 35.6 Å². The molecule has 2 aromatic carbocycles. The second-order valence-electron chi connectivity index (χ2n) is 8.23. The standard InChI is InChI=1S/C25H29NO5/c1-4-8-21-20(26-23(29-21)17-9-6-5-7-10-17)15-16-28-18-11-13-19(14-12-18)31-25(2,3)22-24(27)30-22/h5-7,9-14,22,24,27H,4,8,15-16H2,1-3H3. The monoisotopic (exact) mass is 423 g/mol. The Morgan fingerprint density at radius 3 is 2.32 bits per heavy atom. The molecule has 2 unspecified atom stereocenters. The number of aromatic nitrogens is 1. The van der Waals surface area contributed by atoms with Crippen molar-refractivity contribution in [3.63, 3.8) is 0 Å². The molecule has 1 aliphatic heterocycles. The van der Waals surface area contributed by atoms with Crippen LogP contribution in [0.3, 0.4) is 0 Å². The molecule has 1 saturated heterocycles. The lowest BCUT2D eigenvalue weighted by Crippen LogP contribution is -2.36. The third-order valence-electron chi connectivity index (χ3n) is 5.24. The zero-order valence-electron chi connectivity index (χ0n) is 18.2. The minimum absolute atomic E-state index is 0.302. The van der Waals surface area contributed by atoms with Gasteiger partial charge in [-0.15, -0.1) is 0 Å². The molecule has 0 bridgehead atoms. The summed E-state index contributed by atoms with van der Waals surface area (Å²) in [6.45, 7) is 6.43. The Bertz CT molecular complexity index is 981. The third kappa shape index (κ3) is 5.27. The molecular weight excluding hydrogens is 394 g/mol. The first-order chi connectivity index (χ1) is 15.0. The predicted molar refractivity (Wildman–Crippen MR) is 117 cm³/mol. The van der Waals surface area contributed by atoms with Gasteiger partial charge in [0.15, 0.2) is 12.4 Å². The van der Waals surface area contributed by atoms with Gasteiger partial charge in [0.2, 0.25) is 5.89 Å². The van der Waals surface area contributed by atoms with Gasteiger partial charge in [-0.2, -0.15) is 0 Å². The van der Waals surface area contributed by atoms with E-state index in [-0.39, 0.29) is 6.10 Å². The molecule has 2 heterocycles. The number of benzene rings is 2. The van der Waals surface area contributed by atoms with Crippen LogP contribution in [0.1, 0.15) is 38.6 Å². The Balaban J connectivity index is 1.34. The highest BCUT2D eigenvalue weighted by atomic mass is 16.7. The topological polar surface area (TPSA) is 77.3 Å². The fraction of sp³-hybridized carbons (Fsp3) is 0.400. The molecule has 1 fully saturated rings. The van der Waals surface area contributed by atoms with Crippen LogP contribution < -0.4 is 9.47 Å². The van der Waals surface area contributed by atoms with Crippen LogP contribution in [0.15, 0.2) is 59.0 Å². The fourth-order valence-electron chi connectivity index (χ4n) is 3.55. The quantitative estimate of drug-likeness (QED) is 0.473. The van der Waals surface area contributed by atoms with Crippen LogP contribution in [0.4, 0.5) is 0 Å². The molecule has 164 valence electrons. The fourth-order valence-corrected chi connectivity index (χ4v) is 3.55. The van der Waals surface area contributed by atoms with Crippen molar-refractivity contribution in [1.82, 2.24) is 4.98 Å². The second-order valence-corrected chi connectivity index (χ2v) is 8.23. The van der Waals surface area contributed by atoms with E-state index in [1.807, 2.05) is 68.4 Å². The summed E-state index contributed by atoms with van der Waals surface area (Å²) in [6, 6.07) is 17.4. The Morgan fingerprint density at radius 2 is 1.68 bits per heavy atom. The highest BCUT2D eigenvalue weighted by molar-refractivity contribution is 5.53. The van der Waals surface area contributed by atoms with E-state index in [0.29, 0.717) is 24.7 Å². The van der Waals surface area contributed by atoms with Gasteiger partial charge in [0.25, 0.3) is 0 Å². The number of hydrogen-bond donors (Lipinski definition) is 1. The number of nitrogens with zero attached hydrogens (tertiary/aromatic N) is 1. The first-order valence-electron chi connectivity index (χ1n) is 10.8. The van der Waals surface area contributed by atoms with E-state index in [9.17, 15) is 5.11 Å². The summed E-state index contributed by atoms with van der Waals surface area (Å²) in [5, 5.41) is 9.46. The molecule has 1 aliphatic rings. The molecule has 0 aliphatic carbocycles. The average Bonchev–Trinajstić information content (AvgIpc) is 3.39. The molecular formula is C25H29NO5. The summed E-state index contributed by atoms with van der Waals surface area (Å²) in [5.74, 6) is 3.05. The SMILES string of the molecule is CCCc1oc(-c2ccccc2)nc1CCOc1ccc(OC(C)(C)C2OC2O)cc1. The highest BCUT2D eigenvalue weighted by Gasteiger charge is 2.50. The number of aliphatic hydroxyl groups is 1. The number of rotatable bonds is 10. The van der Waals surface area contributed by atoms with Crippen LogP contribution in [0.2, 0.25) is 0 Å². The van der Waals surface area contributed by atoms with Crippen molar-refractivity contribution in [2.75, 3.05) is 6.61 Å². The first kappa shape index (κ1) is 21.4. The average molecular weight is 424 g/mol. The summed E-state index contributed by atoms with van der Waals surface area (Å²) in [5.41, 5.74) is 1.33. The Labute approximate surface area is 182 Å². The number of ether oxygens (including phenoxy) is 3. The summed E-state index contributed by atoms with van der Waals surface area (Å²) in [6.07, 6.45) is 1.49. The van der Waals surface area contributed by atoms with E-state index in [2.05, 4.69) is 6.92 Å². The van der Waals surface area contributed by atoms with E-state index in [1.165, 1.54) is 0 Å². The van der Waals surface area contributed by atoms with E-state index < -0.39 is 11.9 Å². The minimum Gasteiger partial charge on any atom is -0.493 e. The zero-order chi connectivity index (χ0) is 21.8. The van der Waals surface area contributed by atoms with Crippen molar-refractivity contribution < 1.29 is 23.7 Å². The molecule has 0 saturated carbocycles. The summed E-state index contributed by atoms with van der Waals surface area (Å²) < 4.78 is 23.0. The first-order valence-corrected chi connectivity index (χ1v) is 10.8. The van der Waals surface area contributed by atoms with Crippen molar-refractivity contribution in [2.45, 2.75) is 58.0 Å². The van der Waals surface area contributed by atoms with Crippen molar-refractivity contribution in [3.05, 3.63) is 66.1 Å². The predicted octanol–water partition coefficient (Wildman–Crippen LogP) is 4.79. The van der Waals surface area contributed by atoms with Crippen LogP contribution >= 0.6 is 0 Å². The lowest BCUT2D eigenvalue weighted by molar-refractivity contribution is 0.0743. The van der Waals surface area contributed by atoms with Crippen LogP contribution in [0, 0.1) is 0 Å². The molecule has 31 heavy (non-hydrogen) atoms. The molecule has 6 nitrogen and oxygen atoms in total. The van der Waals surface area contributed by atoms with Crippen LogP contribution in [-0.4, -0.2) is 34.7 Å².